The van der Waals surface area contributed by atoms with Gasteiger partial charge in [-0.1, -0.05) is 30.3 Å². The summed E-state index contributed by atoms with van der Waals surface area (Å²) in [6, 6.07) is 10.4. The van der Waals surface area contributed by atoms with E-state index < -0.39 is 77.8 Å². The van der Waals surface area contributed by atoms with Crippen LogP contribution in [0, 0.1) is 0 Å². The van der Waals surface area contributed by atoms with Gasteiger partial charge < -0.3 is 50.4 Å². The summed E-state index contributed by atoms with van der Waals surface area (Å²) < 4.78 is 16.8. The van der Waals surface area contributed by atoms with Crippen molar-refractivity contribution in [2.75, 3.05) is 28.3 Å². The Hall–Kier alpha value is -6.16. The van der Waals surface area contributed by atoms with Gasteiger partial charge in [0.1, 0.15) is 53.9 Å². The van der Waals surface area contributed by atoms with Crippen LogP contribution in [-0.2, 0) is 41.6 Å². The van der Waals surface area contributed by atoms with Crippen molar-refractivity contribution < 1.29 is 48.1 Å². The molecule has 3 aromatic carbocycles. The topological polar surface area (TPSA) is 205 Å². The van der Waals surface area contributed by atoms with Gasteiger partial charge in [-0.2, -0.15) is 0 Å². The molecule has 5 N–H and O–H groups in total. The number of rotatable bonds is 4. The van der Waals surface area contributed by atoms with Crippen LogP contribution < -0.4 is 35.5 Å². The largest absolute Gasteiger partial charge is 0.497 e. The molecule has 16 heteroatoms. The molecule has 3 aromatic rings. The van der Waals surface area contributed by atoms with E-state index in [0.717, 1.165) is 9.80 Å². The number of ether oxygens (including phenoxy) is 3. The lowest BCUT2D eigenvalue weighted by Crippen LogP contribution is -2.62. The first-order valence-corrected chi connectivity index (χ1v) is 18.1. The molecule has 3 aliphatic heterocycles. The predicted molar refractivity (Wildman–Crippen MR) is 203 cm³/mol. The van der Waals surface area contributed by atoms with Gasteiger partial charge in [0, 0.05) is 26.9 Å². The summed E-state index contributed by atoms with van der Waals surface area (Å²) in [5, 5.41) is 22.4. The van der Waals surface area contributed by atoms with Crippen molar-refractivity contribution in [3.05, 3.63) is 83.4 Å². The average molecular weight is 773 g/mol. The molecular formula is C40H48N6O10. The number of hydrogen-bond donors (Lipinski definition) is 5. The highest BCUT2D eigenvalue weighted by molar-refractivity contribution is 5.98. The van der Waals surface area contributed by atoms with Crippen molar-refractivity contribution >= 4 is 35.4 Å². The minimum Gasteiger partial charge on any atom is -0.497 e. The molecule has 6 amide bonds. The summed E-state index contributed by atoms with van der Waals surface area (Å²) in [6.45, 7) is 4.26. The molecule has 3 aliphatic rings. The number of aliphatic hydroxyl groups excluding tert-OH is 1. The van der Waals surface area contributed by atoms with Crippen molar-refractivity contribution in [2.24, 2.45) is 0 Å². The van der Waals surface area contributed by atoms with Crippen LogP contribution in [-0.4, -0.2) is 115 Å². The first kappa shape index (κ1) is 41.0. The van der Waals surface area contributed by atoms with Gasteiger partial charge in [-0.15, -0.1) is 0 Å². The van der Waals surface area contributed by atoms with Gasteiger partial charge in [-0.25, -0.2) is 0 Å². The lowest BCUT2D eigenvalue weighted by atomic mass is 9.96. The summed E-state index contributed by atoms with van der Waals surface area (Å²) in [5.74, 6) is -2.68. The molecule has 1 saturated heterocycles. The van der Waals surface area contributed by atoms with Gasteiger partial charge in [-0.05, 0) is 73.9 Å². The number of methoxy groups -OCH3 is 2. The quantitative estimate of drug-likeness (QED) is 0.255. The summed E-state index contributed by atoms with van der Waals surface area (Å²) in [5.41, 5.74) is 1.47. The molecule has 0 aromatic heterocycles. The Balaban J connectivity index is 1.58. The molecule has 16 nitrogen and oxygen atoms in total. The molecule has 1 fully saturated rings. The Morgan fingerprint density at radius 1 is 0.696 bits per heavy atom. The second kappa shape index (κ2) is 17.5. The minimum absolute atomic E-state index is 0.00680. The monoisotopic (exact) mass is 772 g/mol. The molecule has 0 spiro atoms. The van der Waals surface area contributed by atoms with Gasteiger partial charge in [0.25, 0.3) is 0 Å². The Bertz CT molecular complexity index is 1960. The van der Waals surface area contributed by atoms with Crippen molar-refractivity contribution in [2.45, 2.75) is 76.0 Å². The van der Waals surface area contributed by atoms with E-state index in [-0.39, 0.29) is 18.4 Å². The Labute approximate surface area is 324 Å². The summed E-state index contributed by atoms with van der Waals surface area (Å²) in [4.78, 5) is 85.8. The highest BCUT2D eigenvalue weighted by atomic mass is 16.5. The third kappa shape index (κ3) is 9.20. The summed E-state index contributed by atoms with van der Waals surface area (Å²) >= 11 is 0. The van der Waals surface area contributed by atoms with E-state index in [1.807, 2.05) is 0 Å². The maximum Gasteiger partial charge on any atom is 0.248 e. The van der Waals surface area contributed by atoms with E-state index in [1.54, 1.807) is 66.7 Å². The van der Waals surface area contributed by atoms with Crippen LogP contribution in [0.15, 0.2) is 66.7 Å². The van der Waals surface area contributed by atoms with Gasteiger partial charge in [0.05, 0.1) is 14.2 Å². The third-order valence-corrected chi connectivity index (χ3v) is 10.0. The molecular weight excluding hydrogens is 724 g/mol. The highest BCUT2D eigenvalue weighted by Crippen LogP contribution is 2.35. The molecule has 0 saturated carbocycles. The van der Waals surface area contributed by atoms with Crippen molar-refractivity contribution in [3.8, 4) is 23.0 Å². The number of nitrogens with zero attached hydrogens (tertiary/aromatic N) is 2. The maximum absolute atomic E-state index is 14.7. The number of fused-ring (bicyclic) bond motifs is 2. The smallest absolute Gasteiger partial charge is 0.248 e. The van der Waals surface area contributed by atoms with Gasteiger partial charge >= 0.3 is 0 Å². The zero-order valence-corrected chi connectivity index (χ0v) is 32.3. The number of likely N-dealkylation sites (N-methyl/N-ethyl adjacent to an activating group) is 2. The molecule has 298 valence electrons. The van der Waals surface area contributed by atoms with Gasteiger partial charge in [0.2, 0.25) is 35.4 Å². The fraction of sp³-hybridized carbons (Fsp3) is 0.400. The van der Waals surface area contributed by atoms with Crippen LogP contribution >= 0.6 is 0 Å². The van der Waals surface area contributed by atoms with E-state index in [1.165, 1.54) is 49.1 Å². The first-order chi connectivity index (χ1) is 26.6. The lowest BCUT2D eigenvalue weighted by Gasteiger charge is -2.38. The van der Waals surface area contributed by atoms with E-state index >= 15 is 0 Å². The summed E-state index contributed by atoms with van der Waals surface area (Å²) in [6.07, 6.45) is -1.69. The summed E-state index contributed by atoms with van der Waals surface area (Å²) in [7, 11) is 5.68. The van der Waals surface area contributed by atoms with E-state index in [9.17, 15) is 33.9 Å². The van der Waals surface area contributed by atoms with E-state index in [4.69, 9.17) is 14.2 Å². The van der Waals surface area contributed by atoms with Crippen LogP contribution in [0.4, 0.5) is 0 Å². The van der Waals surface area contributed by atoms with E-state index in [2.05, 4.69) is 21.3 Å². The molecule has 0 aliphatic carbocycles. The van der Waals surface area contributed by atoms with Crippen LogP contribution in [0.25, 0.3) is 0 Å². The highest BCUT2D eigenvalue weighted by Gasteiger charge is 2.42. The van der Waals surface area contributed by atoms with Gasteiger partial charge in [0.15, 0.2) is 11.5 Å². The maximum atomic E-state index is 14.7. The van der Waals surface area contributed by atoms with Gasteiger partial charge in [-0.3, -0.25) is 28.8 Å². The molecule has 0 unspecified atom stereocenters. The standard InChI is InChI=1S/C40H48N6O10/c1-21-35(48)41-22(2)36(49)44-29(18-24-8-13-27(54-6)14-9-24)37(50)43-23(3)39(52)46(5)33-34(47)26-11-15-28(16-12-26)56-32-20-25(10-17-31(32)55-7)19-30(38(51)42-21)45(4)40(33)53/h8-17,20-23,29-30,33-34,47H,18-19H2,1-7H3,(H,41,48)(H,42,51)(H,43,50)(H,44,49)/t21-,22+,23+,29+,30+,33+,34+/m1/s1. The number of carbonyl (C=O) groups excluding carboxylic acids is 6. The first-order valence-electron chi connectivity index (χ1n) is 18.1. The van der Waals surface area contributed by atoms with E-state index in [0.29, 0.717) is 34.1 Å². The van der Waals surface area contributed by atoms with Crippen molar-refractivity contribution in [1.29, 1.82) is 0 Å². The predicted octanol–water partition coefficient (Wildman–Crippen LogP) is 0.995. The normalized spacial score (nSPS) is 25.5. The van der Waals surface area contributed by atoms with Crippen LogP contribution in [0.2, 0.25) is 0 Å². The fourth-order valence-corrected chi connectivity index (χ4v) is 6.57. The third-order valence-electron chi connectivity index (χ3n) is 10.0. The Kier molecular flexibility index (Phi) is 12.8. The molecule has 6 rings (SSSR count). The Morgan fingerprint density at radius 2 is 1.30 bits per heavy atom. The zero-order valence-electron chi connectivity index (χ0n) is 32.3. The number of hydrogen-bond acceptors (Lipinski definition) is 10. The van der Waals surface area contributed by atoms with Crippen LogP contribution in [0.5, 0.6) is 23.0 Å². The average Bonchev–Trinajstić information content (AvgIpc) is 3.18. The molecule has 56 heavy (non-hydrogen) atoms. The second-order valence-corrected chi connectivity index (χ2v) is 14.0. The number of benzene rings is 3. The van der Waals surface area contributed by atoms with Crippen LogP contribution in [0.1, 0.15) is 43.6 Å². The second-order valence-electron chi connectivity index (χ2n) is 14.0. The zero-order chi connectivity index (χ0) is 40.8. The number of amides is 6. The SMILES string of the molecule is COc1ccc(C[C@@H]2NC(=O)[C@H](C)NC(=O)[C@@H](C)NC(=O)[C@@H]3Cc4ccc(OC)c(c4)Oc4ccc(cc4)[C@H](O)[C@@H](C(=O)N3C)N(C)C(=O)[C@H](C)NC2=O)cc1. The van der Waals surface area contributed by atoms with Crippen LogP contribution in [0.3, 0.4) is 0 Å². The Morgan fingerprint density at radius 3 is 1.93 bits per heavy atom. The fourth-order valence-electron chi connectivity index (χ4n) is 6.57. The molecule has 6 bridgehead atoms. The number of carbonyl (C=O) groups is 6. The molecule has 0 radical (unpaired) electrons. The lowest BCUT2D eigenvalue weighted by molar-refractivity contribution is -0.153. The molecule has 3 heterocycles. The van der Waals surface area contributed by atoms with Crippen molar-refractivity contribution in [3.63, 3.8) is 0 Å². The number of nitrogens with one attached hydrogen (secondary N) is 4. The molecule has 7 atom stereocenters. The minimum atomic E-state index is -1.62. The number of aliphatic hydroxyl groups is 1. The van der Waals surface area contributed by atoms with Crippen molar-refractivity contribution in [1.82, 2.24) is 31.1 Å².